The van der Waals surface area contributed by atoms with Gasteiger partial charge in [-0.15, -0.1) is 0 Å². The Labute approximate surface area is 163 Å². The number of benzene rings is 1. The summed E-state index contributed by atoms with van der Waals surface area (Å²) in [6.07, 6.45) is 6.24. The van der Waals surface area contributed by atoms with Crippen molar-refractivity contribution in [3.63, 3.8) is 0 Å². The van der Waals surface area contributed by atoms with Crippen molar-refractivity contribution in [2.75, 3.05) is 6.54 Å². The van der Waals surface area contributed by atoms with E-state index in [2.05, 4.69) is 28.9 Å². The SMILES string of the molecule is CC(C)S(=O)(=O)c1ncc(CN2CCCC[C@H]2C)n1CCc1ccccc1. The molecule has 0 N–H and O–H groups in total. The number of hydrogen-bond acceptors (Lipinski definition) is 4. The Hall–Kier alpha value is -1.66. The van der Waals surface area contributed by atoms with Crippen molar-refractivity contribution in [3.8, 4) is 0 Å². The summed E-state index contributed by atoms with van der Waals surface area (Å²) in [5.74, 6) is 0. The third-order valence-corrected chi connectivity index (χ3v) is 7.63. The number of imidazole rings is 1. The monoisotopic (exact) mass is 389 g/mol. The number of sulfone groups is 1. The Kier molecular flexibility index (Phi) is 6.37. The summed E-state index contributed by atoms with van der Waals surface area (Å²) in [4.78, 5) is 6.81. The fourth-order valence-corrected chi connectivity index (χ4v) is 4.82. The third-order valence-electron chi connectivity index (χ3n) is 5.55. The van der Waals surface area contributed by atoms with E-state index in [0.29, 0.717) is 12.6 Å². The number of rotatable bonds is 7. The molecule has 0 bridgehead atoms. The second kappa shape index (κ2) is 8.57. The van der Waals surface area contributed by atoms with Crippen molar-refractivity contribution in [1.29, 1.82) is 0 Å². The zero-order chi connectivity index (χ0) is 19.4. The first kappa shape index (κ1) is 20.1. The predicted octanol–water partition coefficient (Wildman–Crippen LogP) is 3.68. The van der Waals surface area contributed by atoms with Gasteiger partial charge in [-0.05, 0) is 52.1 Å². The van der Waals surface area contributed by atoms with Crippen LogP contribution in [0.15, 0.2) is 41.7 Å². The molecule has 0 radical (unpaired) electrons. The molecule has 27 heavy (non-hydrogen) atoms. The van der Waals surface area contributed by atoms with Crippen LogP contribution in [0.4, 0.5) is 0 Å². The molecule has 5 nitrogen and oxygen atoms in total. The van der Waals surface area contributed by atoms with E-state index in [1.165, 1.54) is 24.8 Å². The minimum absolute atomic E-state index is 0.216. The lowest BCUT2D eigenvalue weighted by Gasteiger charge is -2.33. The van der Waals surface area contributed by atoms with Crippen LogP contribution in [0.2, 0.25) is 0 Å². The maximum Gasteiger partial charge on any atom is 0.228 e. The largest absolute Gasteiger partial charge is 0.317 e. The maximum atomic E-state index is 12.8. The van der Waals surface area contributed by atoms with Gasteiger partial charge in [0.25, 0.3) is 0 Å². The van der Waals surface area contributed by atoms with E-state index in [-0.39, 0.29) is 5.16 Å². The van der Waals surface area contributed by atoms with Crippen LogP contribution in [-0.4, -0.2) is 40.7 Å². The van der Waals surface area contributed by atoms with Gasteiger partial charge in [-0.1, -0.05) is 36.8 Å². The second-order valence-electron chi connectivity index (χ2n) is 7.83. The molecule has 0 saturated carbocycles. The van der Waals surface area contributed by atoms with Crippen LogP contribution in [0.1, 0.15) is 51.3 Å². The molecule has 1 atom stereocenters. The van der Waals surface area contributed by atoms with Gasteiger partial charge in [0, 0.05) is 19.1 Å². The Morgan fingerprint density at radius 2 is 1.93 bits per heavy atom. The fourth-order valence-electron chi connectivity index (χ4n) is 3.68. The van der Waals surface area contributed by atoms with Gasteiger partial charge in [-0.2, -0.15) is 0 Å². The van der Waals surface area contributed by atoms with Gasteiger partial charge in [0.1, 0.15) is 0 Å². The Morgan fingerprint density at radius 3 is 2.59 bits per heavy atom. The van der Waals surface area contributed by atoms with Crippen LogP contribution in [0, 0.1) is 0 Å². The average Bonchev–Trinajstić information content (AvgIpc) is 3.06. The summed E-state index contributed by atoms with van der Waals surface area (Å²) in [6.45, 7) is 8.15. The van der Waals surface area contributed by atoms with Crippen LogP contribution < -0.4 is 0 Å². The summed E-state index contributed by atoms with van der Waals surface area (Å²) in [5, 5.41) is -0.259. The highest BCUT2D eigenvalue weighted by Crippen LogP contribution is 2.23. The number of aryl methyl sites for hydroxylation is 1. The molecule has 1 aromatic heterocycles. The van der Waals surface area contributed by atoms with Gasteiger partial charge in [0.05, 0.1) is 17.1 Å². The molecule has 1 saturated heterocycles. The molecular formula is C21H31N3O2S. The highest BCUT2D eigenvalue weighted by atomic mass is 32.2. The molecule has 1 aliphatic rings. The van der Waals surface area contributed by atoms with E-state index in [1.54, 1.807) is 20.0 Å². The molecule has 6 heteroatoms. The fraction of sp³-hybridized carbons (Fsp3) is 0.571. The van der Waals surface area contributed by atoms with Crippen molar-refractivity contribution in [2.45, 2.75) is 76.0 Å². The van der Waals surface area contributed by atoms with E-state index in [4.69, 9.17) is 0 Å². The molecule has 3 rings (SSSR count). The number of piperidine rings is 1. The van der Waals surface area contributed by atoms with Gasteiger partial charge in [-0.3, -0.25) is 4.90 Å². The van der Waals surface area contributed by atoms with E-state index >= 15 is 0 Å². The predicted molar refractivity (Wildman–Crippen MR) is 108 cm³/mol. The molecule has 1 aromatic carbocycles. The molecule has 0 unspecified atom stereocenters. The number of nitrogens with zero attached hydrogens (tertiary/aromatic N) is 3. The molecule has 0 amide bonds. The second-order valence-corrected chi connectivity index (χ2v) is 10.2. The summed E-state index contributed by atoms with van der Waals surface area (Å²) < 4.78 is 27.6. The molecular weight excluding hydrogens is 358 g/mol. The third kappa shape index (κ3) is 4.61. The summed E-state index contributed by atoms with van der Waals surface area (Å²) in [6, 6.07) is 10.7. The quantitative estimate of drug-likeness (QED) is 0.725. The van der Waals surface area contributed by atoms with Crippen LogP contribution >= 0.6 is 0 Å². The average molecular weight is 390 g/mol. The van der Waals surface area contributed by atoms with Crippen molar-refractivity contribution >= 4 is 9.84 Å². The molecule has 1 aliphatic heterocycles. The lowest BCUT2D eigenvalue weighted by atomic mass is 10.0. The van der Waals surface area contributed by atoms with Crippen LogP contribution in [0.5, 0.6) is 0 Å². The number of aromatic nitrogens is 2. The van der Waals surface area contributed by atoms with Gasteiger partial charge < -0.3 is 4.57 Å². The molecule has 1 fully saturated rings. The minimum atomic E-state index is -3.41. The van der Waals surface area contributed by atoms with Crippen molar-refractivity contribution in [2.24, 2.45) is 0 Å². The normalized spacial score (nSPS) is 18.9. The number of hydrogen-bond donors (Lipinski definition) is 0. The highest BCUT2D eigenvalue weighted by Gasteiger charge is 2.28. The van der Waals surface area contributed by atoms with E-state index in [1.807, 2.05) is 22.8 Å². The van der Waals surface area contributed by atoms with Gasteiger partial charge in [0.15, 0.2) is 0 Å². The first-order valence-corrected chi connectivity index (χ1v) is 11.5. The standard InChI is InChI=1S/C21H31N3O2S/c1-17(2)27(25,26)21-22-15-20(16-23-13-8-7-9-18(23)3)24(21)14-12-19-10-5-4-6-11-19/h4-6,10-11,15,17-18H,7-9,12-14,16H2,1-3H3/t18-/m1/s1. The number of likely N-dealkylation sites (tertiary alicyclic amines) is 1. The molecule has 148 valence electrons. The maximum absolute atomic E-state index is 12.8. The molecule has 0 aliphatic carbocycles. The van der Waals surface area contributed by atoms with Crippen LogP contribution in [-0.2, 0) is 29.3 Å². The Bertz CT molecular complexity index is 844. The van der Waals surface area contributed by atoms with E-state index in [9.17, 15) is 8.42 Å². The van der Waals surface area contributed by atoms with E-state index < -0.39 is 15.1 Å². The summed E-state index contributed by atoms with van der Waals surface area (Å²) >= 11 is 0. The van der Waals surface area contributed by atoms with Crippen molar-refractivity contribution in [3.05, 3.63) is 47.8 Å². The lowest BCUT2D eigenvalue weighted by molar-refractivity contribution is 0.148. The summed E-state index contributed by atoms with van der Waals surface area (Å²) in [7, 11) is -3.41. The van der Waals surface area contributed by atoms with Crippen molar-refractivity contribution in [1.82, 2.24) is 14.5 Å². The smallest absolute Gasteiger partial charge is 0.228 e. The van der Waals surface area contributed by atoms with Crippen LogP contribution in [0.3, 0.4) is 0 Å². The van der Waals surface area contributed by atoms with Crippen molar-refractivity contribution < 1.29 is 8.42 Å². The molecule has 2 heterocycles. The van der Waals surface area contributed by atoms with Gasteiger partial charge in [0.2, 0.25) is 15.0 Å². The molecule has 2 aromatic rings. The molecule has 0 spiro atoms. The van der Waals surface area contributed by atoms with Gasteiger partial charge in [-0.25, -0.2) is 13.4 Å². The van der Waals surface area contributed by atoms with E-state index in [0.717, 1.165) is 25.2 Å². The lowest BCUT2D eigenvalue weighted by Crippen LogP contribution is -2.37. The zero-order valence-corrected chi connectivity index (χ0v) is 17.5. The Balaban J connectivity index is 1.89. The topological polar surface area (TPSA) is 55.2 Å². The Morgan fingerprint density at radius 1 is 1.19 bits per heavy atom. The van der Waals surface area contributed by atoms with Crippen LogP contribution in [0.25, 0.3) is 0 Å². The first-order chi connectivity index (χ1) is 12.9. The highest BCUT2D eigenvalue weighted by molar-refractivity contribution is 7.91. The minimum Gasteiger partial charge on any atom is -0.317 e. The first-order valence-electron chi connectivity index (χ1n) is 9.96. The van der Waals surface area contributed by atoms with Gasteiger partial charge >= 0.3 is 0 Å². The zero-order valence-electron chi connectivity index (χ0n) is 16.6. The summed E-state index contributed by atoms with van der Waals surface area (Å²) in [5.41, 5.74) is 2.20.